The van der Waals surface area contributed by atoms with Crippen LogP contribution in [-0.4, -0.2) is 4.98 Å². The van der Waals surface area contributed by atoms with E-state index >= 15 is 0 Å². The molecule has 1 atom stereocenters. The van der Waals surface area contributed by atoms with Gasteiger partial charge < -0.3 is 5.73 Å². The van der Waals surface area contributed by atoms with Crippen LogP contribution in [-0.2, 0) is 0 Å². The Bertz CT molecular complexity index is 480. The number of nitrogens with zero attached hydrogens (tertiary/aromatic N) is 1. The first-order valence-electron chi connectivity index (χ1n) is 5.30. The van der Waals surface area contributed by atoms with Crippen LogP contribution in [0.2, 0.25) is 0 Å². The number of rotatable bonds is 3. The van der Waals surface area contributed by atoms with Crippen LogP contribution in [0, 0.1) is 5.82 Å². The van der Waals surface area contributed by atoms with Gasteiger partial charge >= 0.3 is 0 Å². The summed E-state index contributed by atoms with van der Waals surface area (Å²) in [6, 6.07) is 10.2. The molecule has 0 fully saturated rings. The van der Waals surface area contributed by atoms with Crippen molar-refractivity contribution in [1.29, 1.82) is 0 Å². The van der Waals surface area contributed by atoms with Crippen molar-refractivity contribution in [3.05, 3.63) is 54.0 Å². The van der Waals surface area contributed by atoms with Gasteiger partial charge in [0.15, 0.2) is 0 Å². The van der Waals surface area contributed by atoms with Crippen LogP contribution in [0.3, 0.4) is 0 Å². The molecule has 0 aliphatic heterocycles. The van der Waals surface area contributed by atoms with E-state index < -0.39 is 0 Å². The molecule has 0 unspecified atom stereocenters. The Morgan fingerprint density at radius 1 is 1.18 bits per heavy atom. The number of hydrogen-bond acceptors (Lipinski definition) is 3. The summed E-state index contributed by atoms with van der Waals surface area (Å²) in [5.74, 6) is -0.227. The first kappa shape index (κ1) is 12.1. The quantitative estimate of drug-likeness (QED) is 0.905. The van der Waals surface area contributed by atoms with Crippen LogP contribution in [0.5, 0.6) is 0 Å². The van der Waals surface area contributed by atoms with Gasteiger partial charge in [0.25, 0.3) is 0 Å². The largest absolute Gasteiger partial charge is 0.324 e. The van der Waals surface area contributed by atoms with Crippen molar-refractivity contribution >= 4 is 11.8 Å². The van der Waals surface area contributed by atoms with Crippen molar-refractivity contribution in [2.24, 2.45) is 5.73 Å². The van der Waals surface area contributed by atoms with E-state index in [9.17, 15) is 4.39 Å². The second kappa shape index (κ2) is 5.29. The van der Waals surface area contributed by atoms with Gasteiger partial charge in [-0.15, -0.1) is 0 Å². The van der Waals surface area contributed by atoms with E-state index in [1.807, 2.05) is 19.1 Å². The number of pyridine rings is 1. The Kier molecular flexibility index (Phi) is 3.76. The van der Waals surface area contributed by atoms with E-state index in [2.05, 4.69) is 4.98 Å². The molecular weight excluding hydrogens is 235 g/mol. The smallest absolute Gasteiger partial charge is 0.123 e. The Morgan fingerprint density at radius 3 is 2.41 bits per heavy atom. The number of aromatic nitrogens is 1. The van der Waals surface area contributed by atoms with Crippen molar-refractivity contribution in [1.82, 2.24) is 4.98 Å². The third-order valence-electron chi connectivity index (χ3n) is 2.32. The zero-order chi connectivity index (χ0) is 12.3. The van der Waals surface area contributed by atoms with Crippen molar-refractivity contribution in [3.63, 3.8) is 0 Å². The molecule has 2 aromatic rings. The molecule has 0 aliphatic carbocycles. The number of benzene rings is 1. The van der Waals surface area contributed by atoms with Gasteiger partial charge in [0.05, 0.1) is 0 Å². The van der Waals surface area contributed by atoms with Crippen LogP contribution in [0.25, 0.3) is 0 Å². The molecule has 1 aromatic heterocycles. The Hall–Kier alpha value is -1.39. The number of hydrogen-bond donors (Lipinski definition) is 1. The molecule has 1 heterocycles. The predicted molar refractivity (Wildman–Crippen MR) is 67.4 cm³/mol. The summed E-state index contributed by atoms with van der Waals surface area (Å²) in [5, 5.41) is 0.876. The van der Waals surface area contributed by atoms with Crippen molar-refractivity contribution < 1.29 is 4.39 Å². The van der Waals surface area contributed by atoms with E-state index in [0.29, 0.717) is 0 Å². The maximum atomic E-state index is 12.7. The molecule has 0 bridgehead atoms. The molecule has 0 saturated heterocycles. The Labute approximate surface area is 104 Å². The maximum absolute atomic E-state index is 12.7. The van der Waals surface area contributed by atoms with Crippen LogP contribution in [0.4, 0.5) is 4.39 Å². The molecule has 0 spiro atoms. The first-order chi connectivity index (χ1) is 8.15. The summed E-state index contributed by atoms with van der Waals surface area (Å²) in [5.41, 5.74) is 6.75. The lowest BCUT2D eigenvalue weighted by molar-refractivity contribution is 0.626. The third kappa shape index (κ3) is 3.28. The van der Waals surface area contributed by atoms with E-state index in [1.54, 1.807) is 18.3 Å². The van der Waals surface area contributed by atoms with E-state index in [-0.39, 0.29) is 11.9 Å². The highest BCUT2D eigenvalue weighted by Gasteiger charge is 2.02. The molecule has 2 rings (SSSR count). The molecule has 17 heavy (non-hydrogen) atoms. The van der Waals surface area contributed by atoms with Gasteiger partial charge in [-0.05, 0) is 42.8 Å². The summed E-state index contributed by atoms with van der Waals surface area (Å²) >= 11 is 1.50. The molecule has 2 N–H and O–H groups in total. The summed E-state index contributed by atoms with van der Waals surface area (Å²) < 4.78 is 12.7. The lowest BCUT2D eigenvalue weighted by Crippen LogP contribution is -2.04. The number of halogens is 1. The molecule has 4 heteroatoms. The minimum absolute atomic E-state index is 0.00706. The summed E-state index contributed by atoms with van der Waals surface area (Å²) in [6.45, 7) is 1.92. The van der Waals surface area contributed by atoms with Gasteiger partial charge in [-0.3, -0.25) is 0 Å². The van der Waals surface area contributed by atoms with Crippen LogP contribution < -0.4 is 5.73 Å². The summed E-state index contributed by atoms with van der Waals surface area (Å²) in [7, 11) is 0. The predicted octanol–water partition coefficient (Wildman–Crippen LogP) is 3.39. The summed E-state index contributed by atoms with van der Waals surface area (Å²) in [6.07, 6.45) is 1.77. The third-order valence-corrected chi connectivity index (χ3v) is 3.28. The monoisotopic (exact) mass is 248 g/mol. The van der Waals surface area contributed by atoms with Crippen LogP contribution in [0.15, 0.2) is 52.5 Å². The molecule has 2 nitrogen and oxygen atoms in total. The fourth-order valence-electron chi connectivity index (χ4n) is 1.34. The van der Waals surface area contributed by atoms with E-state index in [1.165, 1.54) is 23.9 Å². The molecule has 1 aromatic carbocycles. The standard InChI is InChI=1S/C13H13FN2S/c1-9(15)10-2-7-13(16-8-10)17-12-5-3-11(14)4-6-12/h2-9H,15H2,1H3/t9-/m0/s1. The molecule has 0 radical (unpaired) electrons. The topological polar surface area (TPSA) is 38.9 Å². The molecule has 0 saturated carbocycles. The van der Waals surface area contributed by atoms with Crippen LogP contribution >= 0.6 is 11.8 Å². The highest BCUT2D eigenvalue weighted by Crippen LogP contribution is 2.26. The van der Waals surface area contributed by atoms with Crippen molar-refractivity contribution in [3.8, 4) is 0 Å². The zero-order valence-corrected chi connectivity index (χ0v) is 10.2. The van der Waals surface area contributed by atoms with E-state index in [4.69, 9.17) is 5.73 Å². The fraction of sp³-hybridized carbons (Fsp3) is 0.154. The second-order valence-electron chi connectivity index (χ2n) is 3.77. The van der Waals surface area contributed by atoms with Gasteiger partial charge in [0.1, 0.15) is 10.8 Å². The summed E-state index contributed by atoms with van der Waals surface area (Å²) in [4.78, 5) is 5.27. The Morgan fingerprint density at radius 2 is 1.88 bits per heavy atom. The average Bonchev–Trinajstić information content (AvgIpc) is 2.33. The van der Waals surface area contributed by atoms with Gasteiger partial charge in [0.2, 0.25) is 0 Å². The minimum Gasteiger partial charge on any atom is -0.324 e. The zero-order valence-electron chi connectivity index (χ0n) is 9.43. The van der Waals surface area contributed by atoms with Gasteiger partial charge in [-0.25, -0.2) is 9.37 Å². The van der Waals surface area contributed by atoms with Gasteiger partial charge in [-0.1, -0.05) is 17.8 Å². The normalized spacial score (nSPS) is 12.4. The first-order valence-corrected chi connectivity index (χ1v) is 6.12. The highest BCUT2D eigenvalue weighted by atomic mass is 32.2. The highest BCUT2D eigenvalue weighted by molar-refractivity contribution is 7.99. The van der Waals surface area contributed by atoms with Gasteiger partial charge in [0, 0.05) is 17.1 Å². The average molecular weight is 248 g/mol. The lowest BCUT2D eigenvalue weighted by atomic mass is 10.2. The van der Waals surface area contributed by atoms with Crippen molar-refractivity contribution in [2.45, 2.75) is 22.9 Å². The molecular formula is C13H13FN2S. The van der Waals surface area contributed by atoms with E-state index in [0.717, 1.165) is 15.5 Å². The maximum Gasteiger partial charge on any atom is 0.123 e. The fourth-order valence-corrected chi connectivity index (χ4v) is 2.10. The molecule has 0 aliphatic rings. The SMILES string of the molecule is C[C@H](N)c1ccc(Sc2ccc(F)cc2)nc1. The Balaban J connectivity index is 2.11. The van der Waals surface area contributed by atoms with Crippen LogP contribution in [0.1, 0.15) is 18.5 Å². The molecule has 88 valence electrons. The second-order valence-corrected chi connectivity index (χ2v) is 4.87. The number of nitrogens with two attached hydrogens (primary N) is 1. The molecule has 0 amide bonds. The lowest BCUT2D eigenvalue weighted by Gasteiger charge is -2.05. The minimum atomic E-state index is -0.227. The van der Waals surface area contributed by atoms with Gasteiger partial charge in [-0.2, -0.15) is 0 Å². The van der Waals surface area contributed by atoms with Crippen molar-refractivity contribution in [2.75, 3.05) is 0 Å².